The molecule has 108 valence electrons. The second kappa shape index (κ2) is 5.94. The molecular weight excluding hydrogens is 256 g/mol. The second-order valence-corrected chi connectivity index (χ2v) is 5.35. The van der Waals surface area contributed by atoms with E-state index in [1.54, 1.807) is 19.1 Å². The van der Waals surface area contributed by atoms with Crippen LogP contribution in [0.3, 0.4) is 0 Å². The fourth-order valence-corrected chi connectivity index (χ4v) is 2.04. The monoisotopic (exact) mass is 276 g/mol. The van der Waals surface area contributed by atoms with E-state index in [0.717, 1.165) is 0 Å². The molecule has 1 atom stereocenters. The molecule has 0 saturated heterocycles. The molecule has 0 fully saturated rings. The van der Waals surface area contributed by atoms with Crippen molar-refractivity contribution < 1.29 is 14.3 Å². The van der Waals surface area contributed by atoms with Gasteiger partial charge < -0.3 is 10.1 Å². The third-order valence-corrected chi connectivity index (χ3v) is 3.08. The number of rotatable bonds is 4. The molecule has 0 saturated carbocycles. The lowest BCUT2D eigenvalue weighted by molar-refractivity contribution is -0.128. The number of nitrogens with zero attached hydrogens (tertiary/aromatic N) is 1. The van der Waals surface area contributed by atoms with Crippen molar-refractivity contribution in [3.63, 3.8) is 0 Å². The molecule has 1 heterocycles. The van der Waals surface area contributed by atoms with E-state index in [2.05, 4.69) is 5.32 Å². The fourth-order valence-electron chi connectivity index (χ4n) is 2.04. The zero-order valence-corrected chi connectivity index (χ0v) is 12.1. The third kappa shape index (κ3) is 3.10. The van der Waals surface area contributed by atoms with Gasteiger partial charge in [0.2, 0.25) is 5.91 Å². The predicted octanol–water partition coefficient (Wildman–Crippen LogP) is 1.57. The summed E-state index contributed by atoms with van der Waals surface area (Å²) in [7, 11) is 0. The molecule has 20 heavy (non-hydrogen) atoms. The minimum Gasteiger partial charge on any atom is -0.479 e. The van der Waals surface area contributed by atoms with Gasteiger partial charge in [-0.25, -0.2) is 0 Å². The lowest BCUT2D eigenvalue weighted by Gasteiger charge is -2.32. The molecule has 1 aliphatic rings. The van der Waals surface area contributed by atoms with Gasteiger partial charge in [-0.3, -0.25) is 14.5 Å². The zero-order valence-electron chi connectivity index (χ0n) is 12.1. The van der Waals surface area contributed by atoms with Gasteiger partial charge in [-0.15, -0.1) is 0 Å². The number of carbonyl (C=O) groups excluding carboxylic acids is 2. The fraction of sp³-hybridized carbons (Fsp3) is 0.467. The number of ether oxygens (including phenoxy) is 1. The maximum Gasteiger partial charge on any atom is 0.268 e. The normalized spacial score (nSPS) is 17.7. The van der Waals surface area contributed by atoms with Crippen LogP contribution in [0.15, 0.2) is 24.3 Å². The van der Waals surface area contributed by atoms with Crippen LogP contribution in [0.4, 0.5) is 5.69 Å². The Kier molecular flexibility index (Phi) is 4.27. The molecule has 5 heteroatoms. The number of hydrogen-bond donors (Lipinski definition) is 1. The summed E-state index contributed by atoms with van der Waals surface area (Å²) in [5.41, 5.74) is 0.648. The molecule has 0 aliphatic carbocycles. The number of para-hydroxylation sites is 2. The molecule has 2 rings (SSSR count). The first-order valence-electron chi connectivity index (χ1n) is 6.82. The summed E-state index contributed by atoms with van der Waals surface area (Å²) in [5.74, 6) is 0.668. The number of hydrogen-bond acceptors (Lipinski definition) is 3. The molecule has 1 aromatic rings. The van der Waals surface area contributed by atoms with Crippen molar-refractivity contribution >= 4 is 17.5 Å². The van der Waals surface area contributed by atoms with Gasteiger partial charge in [0.25, 0.3) is 5.91 Å². The molecule has 2 amide bonds. The van der Waals surface area contributed by atoms with E-state index in [9.17, 15) is 9.59 Å². The molecule has 1 N–H and O–H groups in total. The summed E-state index contributed by atoms with van der Waals surface area (Å²) in [4.78, 5) is 25.6. The summed E-state index contributed by atoms with van der Waals surface area (Å²) in [6.45, 7) is 6.37. The molecule has 0 aromatic heterocycles. The van der Waals surface area contributed by atoms with Gasteiger partial charge in [-0.2, -0.15) is 0 Å². The predicted molar refractivity (Wildman–Crippen MR) is 76.7 cm³/mol. The van der Waals surface area contributed by atoms with Crippen molar-refractivity contribution in [2.45, 2.75) is 26.9 Å². The first kappa shape index (κ1) is 14.4. The van der Waals surface area contributed by atoms with Crippen molar-refractivity contribution in [3.8, 4) is 5.75 Å². The zero-order chi connectivity index (χ0) is 14.7. The van der Waals surface area contributed by atoms with E-state index < -0.39 is 6.10 Å². The highest BCUT2D eigenvalue weighted by Crippen LogP contribution is 2.33. The highest BCUT2D eigenvalue weighted by atomic mass is 16.5. The van der Waals surface area contributed by atoms with E-state index >= 15 is 0 Å². The molecule has 0 spiro atoms. The summed E-state index contributed by atoms with van der Waals surface area (Å²) in [6, 6.07) is 7.26. The molecule has 0 unspecified atom stereocenters. The topological polar surface area (TPSA) is 58.6 Å². The molecule has 0 bridgehead atoms. The Labute approximate surface area is 118 Å². The van der Waals surface area contributed by atoms with Crippen molar-refractivity contribution in [1.29, 1.82) is 0 Å². The number of fused-ring (bicyclic) bond motifs is 1. The van der Waals surface area contributed by atoms with E-state index in [0.29, 0.717) is 23.9 Å². The number of anilines is 1. The van der Waals surface area contributed by atoms with Crippen molar-refractivity contribution in [3.05, 3.63) is 24.3 Å². The lowest BCUT2D eigenvalue weighted by Crippen LogP contribution is -2.49. The van der Waals surface area contributed by atoms with Crippen LogP contribution in [-0.4, -0.2) is 31.0 Å². The number of carbonyl (C=O) groups is 2. The highest BCUT2D eigenvalue weighted by Gasteiger charge is 2.32. The highest BCUT2D eigenvalue weighted by molar-refractivity contribution is 6.03. The SMILES string of the molecule is CC(C)CNC(=O)CN1C(=O)[C@@H](C)Oc2ccccc21. The maximum absolute atomic E-state index is 12.2. The largest absolute Gasteiger partial charge is 0.479 e. The summed E-state index contributed by atoms with van der Waals surface area (Å²) in [5, 5.41) is 2.82. The standard InChI is InChI=1S/C15H20N2O3/c1-10(2)8-16-14(18)9-17-12-6-4-5-7-13(12)20-11(3)15(17)19/h4-7,10-11H,8-9H2,1-3H3,(H,16,18)/t11-/m1/s1. The van der Waals surface area contributed by atoms with E-state index in [1.165, 1.54) is 4.90 Å². The Morgan fingerprint density at radius 2 is 2.10 bits per heavy atom. The second-order valence-electron chi connectivity index (χ2n) is 5.35. The number of nitrogens with one attached hydrogen (secondary N) is 1. The van der Waals surface area contributed by atoms with Crippen LogP contribution in [0.1, 0.15) is 20.8 Å². The minimum absolute atomic E-state index is 0.0241. The third-order valence-electron chi connectivity index (χ3n) is 3.08. The number of amides is 2. The van der Waals surface area contributed by atoms with Gasteiger partial charge in [0.15, 0.2) is 6.10 Å². The van der Waals surface area contributed by atoms with Gasteiger partial charge >= 0.3 is 0 Å². The molecule has 5 nitrogen and oxygen atoms in total. The molecular formula is C15H20N2O3. The Bertz CT molecular complexity index is 514. The van der Waals surface area contributed by atoms with Crippen molar-refractivity contribution in [2.24, 2.45) is 5.92 Å². The average molecular weight is 276 g/mol. The minimum atomic E-state index is -0.567. The Morgan fingerprint density at radius 3 is 2.80 bits per heavy atom. The molecule has 0 radical (unpaired) electrons. The quantitative estimate of drug-likeness (QED) is 0.908. The molecule has 1 aliphatic heterocycles. The van der Waals surface area contributed by atoms with Crippen LogP contribution in [0.5, 0.6) is 5.75 Å². The van der Waals surface area contributed by atoms with Gasteiger partial charge in [-0.1, -0.05) is 26.0 Å². The number of benzene rings is 1. The van der Waals surface area contributed by atoms with Crippen LogP contribution < -0.4 is 15.0 Å². The Hall–Kier alpha value is -2.04. The van der Waals surface area contributed by atoms with Crippen molar-refractivity contribution in [1.82, 2.24) is 5.32 Å². The Balaban J connectivity index is 2.13. The van der Waals surface area contributed by atoms with Crippen molar-refractivity contribution in [2.75, 3.05) is 18.0 Å². The van der Waals surface area contributed by atoms with Crippen LogP contribution in [0.2, 0.25) is 0 Å². The van der Waals surface area contributed by atoms with Gasteiger partial charge in [0, 0.05) is 6.54 Å². The van der Waals surface area contributed by atoms with Gasteiger partial charge in [0.05, 0.1) is 5.69 Å². The van der Waals surface area contributed by atoms with Crippen LogP contribution in [0, 0.1) is 5.92 Å². The van der Waals surface area contributed by atoms with E-state index in [-0.39, 0.29) is 18.4 Å². The molecule has 1 aromatic carbocycles. The summed E-state index contributed by atoms with van der Waals surface area (Å²) < 4.78 is 5.53. The smallest absolute Gasteiger partial charge is 0.268 e. The van der Waals surface area contributed by atoms with Crippen LogP contribution in [0.25, 0.3) is 0 Å². The first-order chi connectivity index (χ1) is 9.49. The Morgan fingerprint density at radius 1 is 1.40 bits per heavy atom. The van der Waals surface area contributed by atoms with E-state index in [4.69, 9.17) is 4.74 Å². The maximum atomic E-state index is 12.2. The van der Waals surface area contributed by atoms with E-state index in [1.807, 2.05) is 26.0 Å². The summed E-state index contributed by atoms with van der Waals surface area (Å²) >= 11 is 0. The summed E-state index contributed by atoms with van der Waals surface area (Å²) in [6.07, 6.45) is -0.567. The van der Waals surface area contributed by atoms with Crippen LogP contribution in [-0.2, 0) is 9.59 Å². The van der Waals surface area contributed by atoms with Gasteiger partial charge in [-0.05, 0) is 25.0 Å². The average Bonchev–Trinajstić information content (AvgIpc) is 2.41. The van der Waals surface area contributed by atoms with Crippen LogP contribution >= 0.6 is 0 Å². The van der Waals surface area contributed by atoms with Gasteiger partial charge in [0.1, 0.15) is 12.3 Å². The lowest BCUT2D eigenvalue weighted by atomic mass is 10.2. The first-order valence-corrected chi connectivity index (χ1v) is 6.82.